The maximum atomic E-state index is 12.9. The fourth-order valence-electron chi connectivity index (χ4n) is 2.88. The Hall–Kier alpha value is -2.60. The molecule has 0 saturated heterocycles. The third-order valence-corrected chi connectivity index (χ3v) is 6.13. The topological polar surface area (TPSA) is 51.2 Å². The highest BCUT2D eigenvalue weighted by Gasteiger charge is 2.30. The molecule has 0 aliphatic heterocycles. The Bertz CT molecular complexity index is 1190. The van der Waals surface area contributed by atoms with Gasteiger partial charge in [-0.05, 0) is 68.4 Å². The molecule has 0 aliphatic rings. The summed E-state index contributed by atoms with van der Waals surface area (Å²) >= 11 is 13.9. The number of ether oxygens (including phenoxy) is 1. The molecule has 0 fully saturated rings. The fourth-order valence-corrected chi connectivity index (χ4v) is 4.26. The van der Waals surface area contributed by atoms with Gasteiger partial charge in [-0.15, -0.1) is 11.3 Å². The molecular formula is C23H18Cl2N2O2S. The Morgan fingerprint density at radius 2 is 1.77 bits per heavy atom. The Kier molecular flexibility index (Phi) is 5.69. The summed E-state index contributed by atoms with van der Waals surface area (Å²) in [4.78, 5) is 17.5. The van der Waals surface area contributed by atoms with Crippen molar-refractivity contribution in [3.8, 4) is 16.3 Å². The number of thiazole rings is 1. The number of benzene rings is 3. The van der Waals surface area contributed by atoms with Crippen molar-refractivity contribution >= 4 is 56.3 Å². The van der Waals surface area contributed by atoms with Gasteiger partial charge in [0.1, 0.15) is 10.8 Å². The highest BCUT2D eigenvalue weighted by Crippen LogP contribution is 2.36. The number of anilines is 1. The van der Waals surface area contributed by atoms with E-state index < -0.39 is 5.60 Å². The molecule has 0 unspecified atom stereocenters. The van der Waals surface area contributed by atoms with Gasteiger partial charge in [0.15, 0.2) is 5.60 Å². The number of nitrogens with zero attached hydrogens (tertiary/aromatic N) is 1. The van der Waals surface area contributed by atoms with Crippen molar-refractivity contribution in [1.82, 2.24) is 4.98 Å². The average Bonchev–Trinajstić information content (AvgIpc) is 3.15. The van der Waals surface area contributed by atoms with E-state index in [9.17, 15) is 4.79 Å². The molecule has 0 bridgehead atoms. The fraction of sp³-hybridized carbons (Fsp3) is 0.130. The Labute approximate surface area is 188 Å². The van der Waals surface area contributed by atoms with E-state index in [-0.39, 0.29) is 5.91 Å². The van der Waals surface area contributed by atoms with Gasteiger partial charge < -0.3 is 10.1 Å². The molecule has 1 aromatic heterocycles. The van der Waals surface area contributed by atoms with Crippen LogP contribution in [0.5, 0.6) is 5.75 Å². The van der Waals surface area contributed by atoms with Crippen molar-refractivity contribution in [3.05, 3.63) is 76.8 Å². The molecular weight excluding hydrogens is 439 g/mol. The van der Waals surface area contributed by atoms with Crippen LogP contribution in [0, 0.1) is 0 Å². The number of carbonyl (C=O) groups is 1. The molecule has 3 aromatic carbocycles. The van der Waals surface area contributed by atoms with Crippen LogP contribution in [0.1, 0.15) is 13.8 Å². The van der Waals surface area contributed by atoms with Crippen LogP contribution in [0.15, 0.2) is 66.7 Å². The van der Waals surface area contributed by atoms with Gasteiger partial charge in [0.05, 0.1) is 15.2 Å². The van der Waals surface area contributed by atoms with Crippen LogP contribution in [0.2, 0.25) is 10.0 Å². The van der Waals surface area contributed by atoms with Crippen LogP contribution in [0.3, 0.4) is 0 Å². The number of carbonyl (C=O) groups excluding carboxylic acids is 1. The Morgan fingerprint density at radius 3 is 2.50 bits per heavy atom. The van der Waals surface area contributed by atoms with Crippen molar-refractivity contribution in [2.75, 3.05) is 5.32 Å². The maximum absolute atomic E-state index is 12.9. The van der Waals surface area contributed by atoms with Gasteiger partial charge in [0, 0.05) is 16.3 Å². The van der Waals surface area contributed by atoms with Crippen molar-refractivity contribution in [2.45, 2.75) is 19.4 Å². The summed E-state index contributed by atoms with van der Waals surface area (Å²) in [5.41, 5.74) is 1.21. The first-order chi connectivity index (χ1) is 14.3. The molecule has 0 atom stereocenters. The number of nitrogens with one attached hydrogen (secondary N) is 1. The van der Waals surface area contributed by atoms with E-state index in [0.29, 0.717) is 21.5 Å². The van der Waals surface area contributed by atoms with Crippen LogP contribution >= 0.6 is 34.5 Å². The van der Waals surface area contributed by atoms with Gasteiger partial charge in [-0.3, -0.25) is 4.79 Å². The largest absolute Gasteiger partial charge is 0.478 e. The lowest BCUT2D eigenvalue weighted by Crippen LogP contribution is -2.42. The van der Waals surface area contributed by atoms with E-state index in [1.54, 1.807) is 61.6 Å². The Morgan fingerprint density at radius 1 is 1.03 bits per heavy atom. The van der Waals surface area contributed by atoms with Crippen LogP contribution in [0.25, 0.3) is 20.8 Å². The smallest absolute Gasteiger partial charge is 0.267 e. The number of rotatable bonds is 5. The predicted octanol–water partition coefficient (Wildman–Crippen LogP) is 7.07. The standard InChI is InChI=1S/C23H18Cl2N2O2S/c1-23(2,29-16-10-7-14(24)8-11-16)22(28)26-15-9-12-18(25)17(13-15)21-27-19-5-3-4-6-20(19)30-21/h3-13H,1-2H3,(H,26,28). The molecule has 1 N–H and O–H groups in total. The van der Waals surface area contributed by atoms with Crippen molar-refractivity contribution in [1.29, 1.82) is 0 Å². The number of amides is 1. The number of aromatic nitrogens is 1. The second kappa shape index (κ2) is 8.26. The van der Waals surface area contributed by atoms with E-state index in [2.05, 4.69) is 10.3 Å². The minimum atomic E-state index is -1.09. The van der Waals surface area contributed by atoms with Gasteiger partial charge >= 0.3 is 0 Å². The summed E-state index contributed by atoms with van der Waals surface area (Å²) in [7, 11) is 0. The molecule has 0 aliphatic carbocycles. The molecule has 7 heteroatoms. The minimum Gasteiger partial charge on any atom is -0.478 e. The molecule has 0 saturated carbocycles. The lowest BCUT2D eigenvalue weighted by molar-refractivity contribution is -0.128. The third-order valence-electron chi connectivity index (χ3n) is 4.48. The van der Waals surface area contributed by atoms with E-state index in [4.69, 9.17) is 27.9 Å². The summed E-state index contributed by atoms with van der Waals surface area (Å²) in [6.45, 7) is 3.42. The zero-order valence-corrected chi connectivity index (χ0v) is 18.6. The summed E-state index contributed by atoms with van der Waals surface area (Å²) in [5, 5.41) is 4.89. The van der Waals surface area contributed by atoms with E-state index in [0.717, 1.165) is 20.8 Å². The van der Waals surface area contributed by atoms with Gasteiger partial charge in [-0.1, -0.05) is 35.3 Å². The zero-order chi connectivity index (χ0) is 21.3. The normalized spacial score (nSPS) is 11.5. The van der Waals surface area contributed by atoms with E-state index in [1.165, 1.54) is 0 Å². The molecule has 30 heavy (non-hydrogen) atoms. The number of hydrogen-bond acceptors (Lipinski definition) is 4. The summed E-state index contributed by atoms with van der Waals surface area (Å²) in [5.74, 6) is 0.279. The zero-order valence-electron chi connectivity index (χ0n) is 16.3. The average molecular weight is 457 g/mol. The summed E-state index contributed by atoms with van der Waals surface area (Å²) in [6, 6.07) is 20.1. The van der Waals surface area contributed by atoms with Crippen molar-refractivity contribution in [2.24, 2.45) is 0 Å². The first-order valence-electron chi connectivity index (χ1n) is 9.23. The lowest BCUT2D eigenvalue weighted by Gasteiger charge is -2.25. The number of halogens is 2. The van der Waals surface area contributed by atoms with Crippen LogP contribution in [0.4, 0.5) is 5.69 Å². The second-order valence-corrected chi connectivity index (χ2v) is 9.08. The first-order valence-corrected chi connectivity index (χ1v) is 10.8. The number of hydrogen-bond donors (Lipinski definition) is 1. The molecule has 4 rings (SSSR count). The summed E-state index contributed by atoms with van der Waals surface area (Å²) in [6.07, 6.45) is 0. The van der Waals surface area contributed by atoms with Crippen molar-refractivity contribution in [3.63, 3.8) is 0 Å². The van der Waals surface area contributed by atoms with Crippen molar-refractivity contribution < 1.29 is 9.53 Å². The Balaban J connectivity index is 1.56. The minimum absolute atomic E-state index is 0.282. The molecule has 0 radical (unpaired) electrons. The molecule has 152 valence electrons. The molecule has 1 amide bonds. The maximum Gasteiger partial charge on any atom is 0.267 e. The summed E-state index contributed by atoms with van der Waals surface area (Å²) < 4.78 is 6.94. The lowest BCUT2D eigenvalue weighted by atomic mass is 10.1. The number of fused-ring (bicyclic) bond motifs is 1. The second-order valence-electron chi connectivity index (χ2n) is 7.20. The van der Waals surface area contributed by atoms with Gasteiger partial charge in [-0.2, -0.15) is 0 Å². The number of para-hydroxylation sites is 1. The monoisotopic (exact) mass is 456 g/mol. The van der Waals surface area contributed by atoms with Crippen LogP contribution < -0.4 is 10.1 Å². The molecule has 4 aromatic rings. The molecule has 1 heterocycles. The predicted molar refractivity (Wildman–Crippen MR) is 125 cm³/mol. The van der Waals surface area contributed by atoms with Gasteiger partial charge in [0.25, 0.3) is 5.91 Å². The highest BCUT2D eigenvalue weighted by molar-refractivity contribution is 7.21. The quantitative estimate of drug-likeness (QED) is 0.349. The first kappa shape index (κ1) is 20.7. The van der Waals surface area contributed by atoms with E-state index in [1.807, 2.05) is 30.3 Å². The highest BCUT2D eigenvalue weighted by atomic mass is 35.5. The third kappa shape index (κ3) is 4.43. The van der Waals surface area contributed by atoms with Crippen LogP contribution in [-0.2, 0) is 4.79 Å². The van der Waals surface area contributed by atoms with E-state index >= 15 is 0 Å². The van der Waals surface area contributed by atoms with Gasteiger partial charge in [0.2, 0.25) is 0 Å². The molecule has 0 spiro atoms. The van der Waals surface area contributed by atoms with Gasteiger partial charge in [-0.25, -0.2) is 4.98 Å². The SMILES string of the molecule is CC(C)(Oc1ccc(Cl)cc1)C(=O)Nc1ccc(Cl)c(-c2nc3ccccc3s2)c1. The molecule has 4 nitrogen and oxygen atoms in total. The van der Waals surface area contributed by atoms with Crippen LogP contribution in [-0.4, -0.2) is 16.5 Å².